The van der Waals surface area contributed by atoms with Gasteiger partial charge in [-0.1, -0.05) is 25.6 Å². The van der Waals surface area contributed by atoms with Crippen LogP contribution in [0.25, 0.3) is 0 Å². The summed E-state index contributed by atoms with van der Waals surface area (Å²) in [4.78, 5) is 22.9. The quantitative estimate of drug-likeness (QED) is 0.683. The van der Waals surface area contributed by atoms with Crippen LogP contribution in [0.1, 0.15) is 34.1 Å². The molecule has 1 unspecified atom stereocenters. The van der Waals surface area contributed by atoms with E-state index in [9.17, 15) is 9.59 Å². The fraction of sp³-hybridized carbons (Fsp3) is 0.818. The summed E-state index contributed by atoms with van der Waals surface area (Å²) in [7, 11) is 1.37. The number of methoxy groups -OCH3 is 1. The first-order valence-corrected chi connectivity index (χ1v) is 6.08. The van der Waals surface area contributed by atoms with Crippen molar-refractivity contribution in [2.75, 3.05) is 12.9 Å². The zero-order chi connectivity index (χ0) is 12.1. The van der Waals surface area contributed by atoms with Crippen molar-refractivity contribution in [2.24, 2.45) is 11.3 Å². The van der Waals surface area contributed by atoms with E-state index in [1.165, 1.54) is 18.9 Å². The average molecular weight is 232 g/mol. The molecule has 0 aliphatic heterocycles. The van der Waals surface area contributed by atoms with Crippen molar-refractivity contribution in [3.63, 3.8) is 0 Å². The van der Waals surface area contributed by atoms with E-state index in [4.69, 9.17) is 4.74 Å². The van der Waals surface area contributed by atoms with Crippen molar-refractivity contribution >= 4 is 22.8 Å². The normalized spacial score (nSPS) is 13.4. The molecule has 0 saturated heterocycles. The van der Waals surface area contributed by atoms with E-state index in [0.717, 1.165) is 5.75 Å². The molecule has 0 radical (unpaired) electrons. The molecule has 0 heterocycles. The Morgan fingerprint density at radius 2 is 1.93 bits per heavy atom. The number of hydrogen-bond donors (Lipinski definition) is 0. The van der Waals surface area contributed by atoms with Crippen LogP contribution in [-0.2, 0) is 14.3 Å². The van der Waals surface area contributed by atoms with Crippen LogP contribution < -0.4 is 0 Å². The van der Waals surface area contributed by atoms with Gasteiger partial charge in [-0.25, -0.2) is 0 Å². The lowest BCUT2D eigenvalue weighted by atomic mass is 9.78. The van der Waals surface area contributed by atoms with Gasteiger partial charge in [0.1, 0.15) is 0 Å². The molecule has 0 spiro atoms. The van der Waals surface area contributed by atoms with Gasteiger partial charge in [-0.15, -0.1) is 0 Å². The second kappa shape index (κ2) is 6.16. The highest BCUT2D eigenvalue weighted by Gasteiger charge is 2.35. The van der Waals surface area contributed by atoms with Crippen molar-refractivity contribution in [3.05, 3.63) is 0 Å². The molecule has 15 heavy (non-hydrogen) atoms. The lowest BCUT2D eigenvalue weighted by Crippen LogP contribution is -2.33. The molecular formula is C11H20O3S. The highest BCUT2D eigenvalue weighted by atomic mass is 32.2. The van der Waals surface area contributed by atoms with E-state index in [1.54, 1.807) is 0 Å². The minimum absolute atomic E-state index is 0.00324. The maximum atomic E-state index is 11.5. The third-order valence-corrected chi connectivity index (χ3v) is 3.50. The van der Waals surface area contributed by atoms with Gasteiger partial charge < -0.3 is 4.74 Å². The molecule has 0 aromatic rings. The van der Waals surface area contributed by atoms with Crippen LogP contribution in [-0.4, -0.2) is 23.9 Å². The monoisotopic (exact) mass is 232 g/mol. The molecule has 0 saturated carbocycles. The molecule has 0 aromatic heterocycles. The van der Waals surface area contributed by atoms with Crippen LogP contribution in [0.3, 0.4) is 0 Å². The fourth-order valence-corrected chi connectivity index (χ4v) is 1.88. The number of thioether (sulfide) groups is 1. The predicted molar refractivity (Wildman–Crippen MR) is 62.7 cm³/mol. The zero-order valence-corrected chi connectivity index (χ0v) is 10.9. The van der Waals surface area contributed by atoms with E-state index in [1.807, 2.05) is 27.7 Å². The average Bonchev–Trinajstić information content (AvgIpc) is 2.16. The van der Waals surface area contributed by atoms with Gasteiger partial charge in [0.25, 0.3) is 0 Å². The summed E-state index contributed by atoms with van der Waals surface area (Å²) in [6, 6.07) is 0. The summed E-state index contributed by atoms with van der Waals surface area (Å²) in [5.41, 5.74) is -0.599. The molecule has 0 amide bonds. The number of rotatable bonds is 5. The summed E-state index contributed by atoms with van der Waals surface area (Å²) in [6.07, 6.45) is 0.417. The van der Waals surface area contributed by atoms with Crippen LogP contribution in [0.4, 0.5) is 0 Å². The van der Waals surface area contributed by atoms with E-state index in [-0.39, 0.29) is 17.0 Å². The number of carbonyl (C=O) groups excluding carboxylic acids is 2. The van der Waals surface area contributed by atoms with E-state index in [2.05, 4.69) is 0 Å². The van der Waals surface area contributed by atoms with Crippen molar-refractivity contribution in [3.8, 4) is 0 Å². The highest BCUT2D eigenvalue weighted by molar-refractivity contribution is 8.13. The minimum atomic E-state index is -0.599. The Kier molecular flexibility index (Phi) is 5.95. The van der Waals surface area contributed by atoms with Crippen LogP contribution in [0.5, 0.6) is 0 Å². The van der Waals surface area contributed by atoms with Crippen molar-refractivity contribution < 1.29 is 14.3 Å². The Morgan fingerprint density at radius 3 is 2.33 bits per heavy atom. The Hall–Kier alpha value is -0.510. The van der Waals surface area contributed by atoms with Gasteiger partial charge >= 0.3 is 5.97 Å². The van der Waals surface area contributed by atoms with Gasteiger partial charge in [-0.2, -0.15) is 0 Å². The molecule has 0 aromatic carbocycles. The summed E-state index contributed by atoms with van der Waals surface area (Å²) in [5, 5.41) is 0.141. The molecule has 0 bridgehead atoms. The predicted octanol–water partition coefficient (Wildman–Crippen LogP) is 2.49. The van der Waals surface area contributed by atoms with Gasteiger partial charge in [-0.05, 0) is 25.5 Å². The summed E-state index contributed by atoms with van der Waals surface area (Å²) < 4.78 is 4.72. The van der Waals surface area contributed by atoms with E-state index in [0.29, 0.717) is 6.42 Å². The topological polar surface area (TPSA) is 43.4 Å². The van der Waals surface area contributed by atoms with Gasteiger partial charge in [0, 0.05) is 6.42 Å². The maximum Gasteiger partial charge on any atom is 0.311 e. The number of esters is 1. The Bertz CT molecular complexity index is 236. The number of ether oxygens (including phenoxy) is 1. The van der Waals surface area contributed by atoms with E-state index >= 15 is 0 Å². The smallest absolute Gasteiger partial charge is 0.311 e. The fourth-order valence-electron chi connectivity index (χ4n) is 1.19. The molecule has 0 rings (SSSR count). The van der Waals surface area contributed by atoms with Gasteiger partial charge in [0.05, 0.1) is 12.5 Å². The highest BCUT2D eigenvalue weighted by Crippen LogP contribution is 2.31. The third-order valence-electron chi connectivity index (χ3n) is 2.72. The minimum Gasteiger partial charge on any atom is -0.469 e. The molecule has 88 valence electrons. The first-order chi connectivity index (χ1) is 6.86. The maximum absolute atomic E-state index is 11.5. The second-order valence-electron chi connectivity index (χ2n) is 4.12. The van der Waals surface area contributed by atoms with Crippen LogP contribution in [0, 0.1) is 11.3 Å². The van der Waals surface area contributed by atoms with Gasteiger partial charge in [0.15, 0.2) is 5.12 Å². The Labute approximate surface area is 95.9 Å². The van der Waals surface area contributed by atoms with Crippen LogP contribution >= 0.6 is 11.8 Å². The van der Waals surface area contributed by atoms with E-state index < -0.39 is 5.41 Å². The number of hydrogen-bond acceptors (Lipinski definition) is 4. The number of carbonyl (C=O) groups is 2. The molecular weight excluding hydrogens is 212 g/mol. The first-order valence-electron chi connectivity index (χ1n) is 5.10. The Morgan fingerprint density at radius 1 is 1.40 bits per heavy atom. The van der Waals surface area contributed by atoms with Gasteiger partial charge in [0.2, 0.25) is 0 Å². The molecule has 4 heteroatoms. The standard InChI is InChI=1S/C11H20O3S/c1-6-15-9(12)7-8(2)11(3,4)10(13)14-5/h8H,6-7H2,1-5H3. The molecule has 0 aliphatic rings. The SMILES string of the molecule is CCSC(=O)CC(C)C(C)(C)C(=O)OC. The summed E-state index contributed by atoms with van der Waals surface area (Å²) in [5.74, 6) is 0.519. The lowest BCUT2D eigenvalue weighted by molar-refractivity contribution is -0.153. The first kappa shape index (κ1) is 14.5. The third kappa shape index (κ3) is 4.24. The van der Waals surface area contributed by atoms with Crippen molar-refractivity contribution in [1.82, 2.24) is 0 Å². The lowest BCUT2D eigenvalue weighted by Gasteiger charge is -2.28. The van der Waals surface area contributed by atoms with Crippen LogP contribution in [0.15, 0.2) is 0 Å². The molecule has 0 aliphatic carbocycles. The van der Waals surface area contributed by atoms with Crippen LogP contribution in [0.2, 0.25) is 0 Å². The van der Waals surface area contributed by atoms with Crippen molar-refractivity contribution in [1.29, 1.82) is 0 Å². The molecule has 0 fully saturated rings. The molecule has 1 atom stereocenters. The second-order valence-corrected chi connectivity index (χ2v) is 5.44. The summed E-state index contributed by atoms with van der Waals surface area (Å²) in [6.45, 7) is 7.48. The summed E-state index contributed by atoms with van der Waals surface area (Å²) >= 11 is 1.30. The molecule has 0 N–H and O–H groups in total. The Balaban J connectivity index is 4.36. The molecule has 3 nitrogen and oxygen atoms in total. The largest absolute Gasteiger partial charge is 0.469 e. The zero-order valence-electron chi connectivity index (χ0n) is 10.1. The van der Waals surface area contributed by atoms with Crippen molar-refractivity contribution in [2.45, 2.75) is 34.1 Å². The van der Waals surface area contributed by atoms with Gasteiger partial charge in [-0.3, -0.25) is 9.59 Å².